The fourth-order valence-electron chi connectivity index (χ4n) is 2.51. The molecule has 0 aromatic carbocycles. The molecule has 0 aromatic heterocycles. The standard InChI is InChI=1S/C14H20N4O3/c1-14(13(20)21)5-2-10-18(14)11-12(19)17(8-3-6-15)9-4-7-16/h2-5,8-11H2,1H3,(H,20,21). The van der Waals surface area contributed by atoms with Crippen molar-refractivity contribution in [3.05, 3.63) is 0 Å². The number of nitriles is 2. The van der Waals surface area contributed by atoms with Gasteiger partial charge in [-0.25, -0.2) is 0 Å². The summed E-state index contributed by atoms with van der Waals surface area (Å²) in [6, 6.07) is 3.95. The SMILES string of the molecule is CC1(C(=O)O)CCCN1CC(=O)N(CCC#N)CCC#N. The number of likely N-dealkylation sites (tertiary alicyclic amines) is 1. The Hall–Kier alpha value is -2.12. The van der Waals surface area contributed by atoms with Crippen LogP contribution in [-0.2, 0) is 9.59 Å². The number of rotatable bonds is 7. The van der Waals surface area contributed by atoms with Gasteiger partial charge in [-0.05, 0) is 26.3 Å². The van der Waals surface area contributed by atoms with Crippen LogP contribution in [0, 0.1) is 22.7 Å². The Morgan fingerprint density at radius 3 is 2.33 bits per heavy atom. The third-order valence-corrected chi connectivity index (χ3v) is 3.92. The number of nitrogens with zero attached hydrogens (tertiary/aromatic N) is 4. The van der Waals surface area contributed by atoms with Crippen LogP contribution in [0.25, 0.3) is 0 Å². The van der Waals surface area contributed by atoms with E-state index < -0.39 is 11.5 Å². The van der Waals surface area contributed by atoms with Crippen molar-refractivity contribution in [2.45, 2.75) is 38.1 Å². The van der Waals surface area contributed by atoms with Crippen molar-refractivity contribution in [1.29, 1.82) is 10.5 Å². The number of aliphatic carboxylic acids is 1. The first-order valence-corrected chi connectivity index (χ1v) is 6.96. The zero-order valence-electron chi connectivity index (χ0n) is 12.2. The van der Waals surface area contributed by atoms with Crippen molar-refractivity contribution in [1.82, 2.24) is 9.80 Å². The summed E-state index contributed by atoms with van der Waals surface area (Å²) in [5.41, 5.74) is -1.01. The Morgan fingerprint density at radius 2 is 1.86 bits per heavy atom. The minimum atomic E-state index is -1.01. The van der Waals surface area contributed by atoms with E-state index in [1.165, 1.54) is 4.90 Å². The molecule has 0 saturated carbocycles. The van der Waals surface area contributed by atoms with E-state index in [4.69, 9.17) is 10.5 Å². The summed E-state index contributed by atoms with van der Waals surface area (Å²) in [6.07, 6.45) is 1.67. The van der Waals surface area contributed by atoms with Crippen LogP contribution in [0.1, 0.15) is 32.6 Å². The molecule has 1 saturated heterocycles. The molecule has 0 radical (unpaired) electrons. The molecule has 1 N–H and O–H groups in total. The minimum Gasteiger partial charge on any atom is -0.480 e. The quantitative estimate of drug-likeness (QED) is 0.735. The van der Waals surface area contributed by atoms with Gasteiger partial charge in [-0.15, -0.1) is 0 Å². The molecule has 114 valence electrons. The summed E-state index contributed by atoms with van der Waals surface area (Å²) in [7, 11) is 0. The lowest BCUT2D eigenvalue weighted by molar-refractivity contribution is -0.150. The number of hydrogen-bond donors (Lipinski definition) is 1. The molecule has 1 aliphatic rings. The van der Waals surface area contributed by atoms with Crippen molar-refractivity contribution in [3.8, 4) is 12.1 Å². The second-order valence-electron chi connectivity index (χ2n) is 5.30. The highest BCUT2D eigenvalue weighted by molar-refractivity contribution is 5.82. The predicted octanol–water partition coefficient (Wildman–Crippen LogP) is 0.581. The first-order valence-electron chi connectivity index (χ1n) is 6.96. The maximum absolute atomic E-state index is 12.3. The Balaban J connectivity index is 2.70. The zero-order valence-corrected chi connectivity index (χ0v) is 12.2. The molecule has 1 fully saturated rings. The average Bonchev–Trinajstić information content (AvgIpc) is 2.81. The van der Waals surface area contributed by atoms with Gasteiger partial charge >= 0.3 is 5.97 Å². The lowest BCUT2D eigenvalue weighted by Gasteiger charge is -2.32. The fraction of sp³-hybridized carbons (Fsp3) is 0.714. The van der Waals surface area contributed by atoms with Crippen LogP contribution in [-0.4, -0.2) is 58.5 Å². The zero-order chi connectivity index (χ0) is 15.9. The number of carbonyl (C=O) groups is 2. The van der Waals surface area contributed by atoms with Crippen molar-refractivity contribution in [2.24, 2.45) is 0 Å². The van der Waals surface area contributed by atoms with E-state index in [0.29, 0.717) is 13.0 Å². The third-order valence-electron chi connectivity index (χ3n) is 3.92. The van der Waals surface area contributed by atoms with Crippen LogP contribution in [0.15, 0.2) is 0 Å². The summed E-state index contributed by atoms with van der Waals surface area (Å²) in [5.74, 6) is -1.15. The highest BCUT2D eigenvalue weighted by atomic mass is 16.4. The molecule has 0 bridgehead atoms. The second kappa shape index (κ2) is 7.61. The molecular formula is C14H20N4O3. The van der Waals surface area contributed by atoms with E-state index >= 15 is 0 Å². The van der Waals surface area contributed by atoms with Crippen LogP contribution >= 0.6 is 0 Å². The van der Waals surface area contributed by atoms with Gasteiger partial charge in [0.1, 0.15) is 5.54 Å². The fourth-order valence-corrected chi connectivity index (χ4v) is 2.51. The number of carboxylic acids is 1. The van der Waals surface area contributed by atoms with Gasteiger partial charge < -0.3 is 10.0 Å². The van der Waals surface area contributed by atoms with Gasteiger partial charge in [0.15, 0.2) is 0 Å². The molecule has 1 aliphatic heterocycles. The number of amides is 1. The van der Waals surface area contributed by atoms with Crippen molar-refractivity contribution < 1.29 is 14.7 Å². The summed E-state index contributed by atoms with van der Waals surface area (Å²) in [6.45, 7) is 2.76. The molecule has 7 nitrogen and oxygen atoms in total. The molecule has 1 rings (SSSR count). The molecule has 1 atom stereocenters. The lowest BCUT2D eigenvalue weighted by atomic mass is 9.99. The van der Waals surface area contributed by atoms with Gasteiger partial charge in [0.2, 0.25) is 5.91 Å². The van der Waals surface area contributed by atoms with Crippen LogP contribution in [0.5, 0.6) is 0 Å². The van der Waals surface area contributed by atoms with Gasteiger partial charge in [0, 0.05) is 13.1 Å². The van der Waals surface area contributed by atoms with Crippen LogP contribution in [0.4, 0.5) is 0 Å². The van der Waals surface area contributed by atoms with E-state index in [-0.39, 0.29) is 38.4 Å². The smallest absolute Gasteiger partial charge is 0.323 e. The van der Waals surface area contributed by atoms with Crippen LogP contribution in [0.2, 0.25) is 0 Å². The van der Waals surface area contributed by atoms with E-state index in [0.717, 1.165) is 6.42 Å². The number of carbonyl (C=O) groups excluding carboxylic acids is 1. The summed E-state index contributed by atoms with van der Waals surface area (Å²) >= 11 is 0. The molecule has 1 heterocycles. The van der Waals surface area contributed by atoms with Crippen molar-refractivity contribution in [3.63, 3.8) is 0 Å². The maximum Gasteiger partial charge on any atom is 0.323 e. The summed E-state index contributed by atoms with van der Waals surface area (Å²) in [4.78, 5) is 26.8. The summed E-state index contributed by atoms with van der Waals surface area (Å²) < 4.78 is 0. The highest BCUT2D eigenvalue weighted by Gasteiger charge is 2.44. The first kappa shape index (κ1) is 16.9. The third kappa shape index (κ3) is 4.17. The largest absolute Gasteiger partial charge is 0.480 e. The van der Waals surface area contributed by atoms with Gasteiger partial charge in [-0.3, -0.25) is 14.5 Å². The average molecular weight is 292 g/mol. The normalized spacial score (nSPS) is 21.5. The highest BCUT2D eigenvalue weighted by Crippen LogP contribution is 2.28. The maximum atomic E-state index is 12.3. The molecule has 7 heteroatoms. The Bertz CT molecular complexity index is 462. The lowest BCUT2D eigenvalue weighted by Crippen LogP contribution is -2.52. The van der Waals surface area contributed by atoms with E-state index in [2.05, 4.69) is 0 Å². The Morgan fingerprint density at radius 1 is 1.29 bits per heavy atom. The number of hydrogen-bond acceptors (Lipinski definition) is 5. The second-order valence-corrected chi connectivity index (χ2v) is 5.30. The van der Waals surface area contributed by atoms with Crippen LogP contribution in [0.3, 0.4) is 0 Å². The van der Waals surface area contributed by atoms with Gasteiger partial charge in [0.05, 0.1) is 31.5 Å². The van der Waals surface area contributed by atoms with E-state index in [1.54, 1.807) is 11.8 Å². The molecule has 0 aromatic rings. The number of carboxylic acid groups (broad SMARTS) is 1. The molecule has 0 aliphatic carbocycles. The summed E-state index contributed by atoms with van der Waals surface area (Å²) in [5, 5.41) is 26.6. The van der Waals surface area contributed by atoms with E-state index in [9.17, 15) is 14.7 Å². The molecular weight excluding hydrogens is 272 g/mol. The Labute approximate surface area is 124 Å². The van der Waals surface area contributed by atoms with Gasteiger partial charge in [-0.2, -0.15) is 10.5 Å². The monoisotopic (exact) mass is 292 g/mol. The first-order chi connectivity index (χ1) is 9.95. The Kier molecular flexibility index (Phi) is 6.13. The van der Waals surface area contributed by atoms with Gasteiger partial charge in [0.25, 0.3) is 0 Å². The van der Waals surface area contributed by atoms with Crippen molar-refractivity contribution in [2.75, 3.05) is 26.2 Å². The molecule has 21 heavy (non-hydrogen) atoms. The minimum absolute atomic E-state index is 0.0135. The predicted molar refractivity (Wildman–Crippen MR) is 73.9 cm³/mol. The van der Waals surface area contributed by atoms with Crippen molar-refractivity contribution >= 4 is 11.9 Å². The topological polar surface area (TPSA) is 108 Å². The van der Waals surface area contributed by atoms with Crippen LogP contribution < -0.4 is 0 Å². The molecule has 1 unspecified atom stereocenters. The van der Waals surface area contributed by atoms with E-state index in [1.807, 2.05) is 12.1 Å². The van der Waals surface area contributed by atoms with Gasteiger partial charge in [-0.1, -0.05) is 0 Å². The molecule has 1 amide bonds. The molecule has 0 spiro atoms.